The minimum Gasteiger partial charge on any atom is -0.369 e. The lowest BCUT2D eigenvalue weighted by atomic mass is 10.0. The monoisotopic (exact) mass is 433 g/mol. The van der Waals surface area contributed by atoms with E-state index >= 15 is 0 Å². The first-order chi connectivity index (χ1) is 15.4. The van der Waals surface area contributed by atoms with Gasteiger partial charge in [0.1, 0.15) is 5.84 Å². The molecule has 1 saturated heterocycles. The van der Waals surface area contributed by atoms with Gasteiger partial charge in [-0.3, -0.25) is 9.79 Å². The van der Waals surface area contributed by atoms with Crippen molar-refractivity contribution in [3.8, 4) is 0 Å². The maximum atomic E-state index is 11.2. The molecule has 0 aromatic heterocycles. The number of nitrogens with one attached hydrogen (secondary N) is 2. The number of allylic oxidation sites excluding steroid dienone is 3. The molecule has 1 unspecified atom stereocenters. The summed E-state index contributed by atoms with van der Waals surface area (Å²) in [7, 11) is 0. The molecule has 170 valence electrons. The first-order valence-electron chi connectivity index (χ1n) is 11.4. The zero-order valence-corrected chi connectivity index (χ0v) is 19.9. The van der Waals surface area contributed by atoms with Crippen LogP contribution in [0, 0.1) is 12.8 Å². The van der Waals surface area contributed by atoms with Crippen LogP contribution in [0.2, 0.25) is 0 Å². The fourth-order valence-electron chi connectivity index (χ4n) is 3.75. The highest BCUT2D eigenvalue weighted by molar-refractivity contribution is 6.02. The van der Waals surface area contributed by atoms with Crippen LogP contribution in [0.5, 0.6) is 0 Å². The van der Waals surface area contributed by atoms with Gasteiger partial charge in [0, 0.05) is 42.6 Å². The van der Waals surface area contributed by atoms with Crippen LogP contribution in [0.3, 0.4) is 0 Å². The first kappa shape index (κ1) is 23.7. The van der Waals surface area contributed by atoms with Crippen molar-refractivity contribution in [2.75, 3.05) is 19.6 Å². The van der Waals surface area contributed by atoms with Crippen LogP contribution in [-0.2, 0) is 4.79 Å². The van der Waals surface area contributed by atoms with E-state index in [9.17, 15) is 4.79 Å². The van der Waals surface area contributed by atoms with Crippen molar-refractivity contribution < 1.29 is 4.79 Å². The Balaban J connectivity index is 2.01. The lowest BCUT2D eigenvalue weighted by Gasteiger charge is -2.34. The van der Waals surface area contributed by atoms with Crippen molar-refractivity contribution >= 4 is 29.3 Å². The molecule has 2 aliphatic heterocycles. The van der Waals surface area contributed by atoms with Crippen LogP contribution < -0.4 is 10.6 Å². The van der Waals surface area contributed by atoms with Crippen molar-refractivity contribution in [3.05, 3.63) is 59.3 Å². The van der Waals surface area contributed by atoms with E-state index < -0.39 is 0 Å². The summed E-state index contributed by atoms with van der Waals surface area (Å²) >= 11 is 0. The second-order valence-electron chi connectivity index (χ2n) is 8.60. The van der Waals surface area contributed by atoms with E-state index in [0.29, 0.717) is 24.2 Å². The second kappa shape index (κ2) is 11.0. The zero-order chi connectivity index (χ0) is 23.1. The molecule has 6 heteroatoms. The van der Waals surface area contributed by atoms with Crippen LogP contribution in [-0.4, -0.2) is 48.5 Å². The number of carbonyl (C=O) groups is 1. The number of nitrogens with zero attached hydrogens (tertiary/aromatic N) is 3. The number of carbonyl (C=O) groups excluding carboxylic acids is 1. The Labute approximate surface area is 191 Å². The Kier molecular flexibility index (Phi) is 8.17. The first-order valence-corrected chi connectivity index (χ1v) is 11.4. The molecular weight excluding hydrogens is 398 g/mol. The van der Waals surface area contributed by atoms with Gasteiger partial charge in [0.2, 0.25) is 6.41 Å². The molecular formula is C26H35N5O. The van der Waals surface area contributed by atoms with Gasteiger partial charge in [-0.2, -0.15) is 0 Å². The molecule has 1 aromatic rings. The lowest BCUT2D eigenvalue weighted by Crippen LogP contribution is -2.48. The van der Waals surface area contributed by atoms with Crippen molar-refractivity contribution in [2.45, 2.75) is 47.1 Å². The predicted molar refractivity (Wildman–Crippen MR) is 134 cm³/mol. The minimum atomic E-state index is 0.430. The molecule has 1 amide bonds. The van der Waals surface area contributed by atoms with E-state index in [1.54, 1.807) is 0 Å². The van der Waals surface area contributed by atoms with E-state index in [1.165, 1.54) is 0 Å². The lowest BCUT2D eigenvalue weighted by molar-refractivity contribution is -0.108. The fraction of sp³-hybridized carbons (Fsp3) is 0.423. The standard InChI is InChI=1S/C26H35N5O/c1-6-18(2)21(5)29-25-15-22(8-7-19(25)3)24-11-9-23(10-12-26(30-24)28-17-32)31-14-13-27-20(4)16-31/h7-12,15,17-18,20,27H,6,13-14,16H2,1-5H3,(H,28,30,32)/t18?,20-/m0/s1. The Hall–Kier alpha value is -2.99. The molecule has 2 aliphatic rings. The summed E-state index contributed by atoms with van der Waals surface area (Å²) in [4.78, 5) is 23.1. The van der Waals surface area contributed by atoms with Gasteiger partial charge in [-0.25, -0.2) is 4.99 Å². The number of hydrogen-bond acceptors (Lipinski definition) is 5. The number of benzene rings is 1. The molecule has 0 aliphatic carbocycles. The molecule has 2 atom stereocenters. The van der Waals surface area contributed by atoms with Gasteiger partial charge in [0.05, 0.1) is 11.4 Å². The van der Waals surface area contributed by atoms with Crippen LogP contribution in [0.1, 0.15) is 45.2 Å². The highest BCUT2D eigenvalue weighted by atomic mass is 16.1. The second-order valence-corrected chi connectivity index (χ2v) is 8.60. The van der Waals surface area contributed by atoms with Crippen LogP contribution >= 0.6 is 0 Å². The summed E-state index contributed by atoms with van der Waals surface area (Å²) < 4.78 is 0. The van der Waals surface area contributed by atoms with E-state index in [1.807, 2.05) is 18.2 Å². The number of hydrogen-bond donors (Lipinski definition) is 2. The molecule has 0 radical (unpaired) electrons. The quantitative estimate of drug-likeness (QED) is 0.517. The van der Waals surface area contributed by atoms with Gasteiger partial charge in [0.15, 0.2) is 0 Å². The molecule has 2 N–H and O–H groups in total. The third kappa shape index (κ3) is 6.04. The number of amides is 1. The molecule has 6 nitrogen and oxygen atoms in total. The number of aliphatic imine (C=N–C) groups is 2. The maximum absolute atomic E-state index is 11.2. The van der Waals surface area contributed by atoms with Gasteiger partial charge in [0.25, 0.3) is 0 Å². The number of aryl methyl sites for hydroxylation is 1. The Morgan fingerprint density at radius 1 is 1.38 bits per heavy atom. The van der Waals surface area contributed by atoms with E-state index in [4.69, 9.17) is 9.98 Å². The van der Waals surface area contributed by atoms with Crippen LogP contribution in [0.15, 0.2) is 58.2 Å². The summed E-state index contributed by atoms with van der Waals surface area (Å²) in [6.07, 6.45) is 9.74. The van der Waals surface area contributed by atoms with E-state index in [2.05, 4.69) is 74.4 Å². The van der Waals surface area contributed by atoms with Gasteiger partial charge >= 0.3 is 0 Å². The molecule has 0 spiro atoms. The molecule has 1 fully saturated rings. The highest BCUT2D eigenvalue weighted by Crippen LogP contribution is 2.27. The Morgan fingerprint density at radius 3 is 2.91 bits per heavy atom. The average molecular weight is 434 g/mol. The van der Waals surface area contributed by atoms with Gasteiger partial charge in [-0.05, 0) is 69.0 Å². The van der Waals surface area contributed by atoms with Crippen LogP contribution in [0.25, 0.3) is 5.70 Å². The van der Waals surface area contributed by atoms with Gasteiger partial charge in [-0.1, -0.05) is 26.0 Å². The summed E-state index contributed by atoms with van der Waals surface area (Å²) in [6.45, 7) is 13.6. The fourth-order valence-corrected chi connectivity index (χ4v) is 3.75. The predicted octanol–water partition coefficient (Wildman–Crippen LogP) is 4.37. The molecule has 2 heterocycles. The van der Waals surface area contributed by atoms with Gasteiger partial charge in [-0.15, -0.1) is 0 Å². The normalized spacial score (nSPS) is 23.2. The van der Waals surface area contributed by atoms with Gasteiger partial charge < -0.3 is 15.5 Å². The summed E-state index contributed by atoms with van der Waals surface area (Å²) in [5.74, 6) is 0.957. The molecule has 0 bridgehead atoms. The molecule has 32 heavy (non-hydrogen) atoms. The van der Waals surface area contributed by atoms with Crippen molar-refractivity contribution in [2.24, 2.45) is 15.9 Å². The number of amidine groups is 1. The minimum absolute atomic E-state index is 0.430. The largest absolute Gasteiger partial charge is 0.369 e. The summed E-state index contributed by atoms with van der Waals surface area (Å²) in [5.41, 5.74) is 6.08. The average Bonchev–Trinajstić information content (AvgIpc) is 2.77. The SMILES string of the molecule is CCC(C)C(C)=Nc1cc(C2=C/C=C(N3CCN[C@@H](C)C3)\C=C/C(NC=O)=N2)ccc1C. The van der Waals surface area contributed by atoms with E-state index in [-0.39, 0.29) is 0 Å². The van der Waals surface area contributed by atoms with Crippen molar-refractivity contribution in [1.29, 1.82) is 0 Å². The van der Waals surface area contributed by atoms with E-state index in [0.717, 1.165) is 60.0 Å². The summed E-state index contributed by atoms with van der Waals surface area (Å²) in [6, 6.07) is 6.66. The topological polar surface area (TPSA) is 69.1 Å². The highest BCUT2D eigenvalue weighted by Gasteiger charge is 2.17. The molecule has 1 aromatic carbocycles. The van der Waals surface area contributed by atoms with Crippen molar-refractivity contribution in [1.82, 2.24) is 15.5 Å². The zero-order valence-electron chi connectivity index (χ0n) is 19.9. The molecule has 3 rings (SSSR count). The Morgan fingerprint density at radius 2 is 2.19 bits per heavy atom. The summed E-state index contributed by atoms with van der Waals surface area (Å²) in [5, 5.41) is 6.20. The third-order valence-electron chi connectivity index (χ3n) is 6.13. The third-order valence-corrected chi connectivity index (χ3v) is 6.13. The number of piperazine rings is 1. The number of rotatable bonds is 6. The van der Waals surface area contributed by atoms with Crippen molar-refractivity contribution in [3.63, 3.8) is 0 Å². The molecule has 0 saturated carbocycles. The van der Waals surface area contributed by atoms with Crippen LogP contribution in [0.4, 0.5) is 5.69 Å². The maximum Gasteiger partial charge on any atom is 0.212 e. The smallest absolute Gasteiger partial charge is 0.212 e. The Bertz CT molecular complexity index is 986.